The van der Waals surface area contributed by atoms with Crippen LogP contribution in [-0.2, 0) is 9.59 Å². The van der Waals surface area contributed by atoms with Gasteiger partial charge in [-0.05, 0) is 42.3 Å². The highest BCUT2D eigenvalue weighted by atomic mass is 35.5. The van der Waals surface area contributed by atoms with Crippen molar-refractivity contribution < 1.29 is 19.1 Å². The van der Waals surface area contributed by atoms with Crippen LogP contribution in [0.3, 0.4) is 0 Å². The van der Waals surface area contributed by atoms with E-state index in [0.29, 0.717) is 28.4 Å². The van der Waals surface area contributed by atoms with Crippen LogP contribution in [0.1, 0.15) is 30.6 Å². The summed E-state index contributed by atoms with van der Waals surface area (Å²) >= 11 is 5.93. The SMILES string of the molecule is CC(C)CC(=O)Nc1ccc(C(=O)NNC(=O)COc2ccccc2Cl)cc1. The summed E-state index contributed by atoms with van der Waals surface area (Å²) in [5, 5.41) is 3.15. The molecule has 148 valence electrons. The number of hydrogen-bond acceptors (Lipinski definition) is 4. The number of ether oxygens (including phenoxy) is 1. The Balaban J connectivity index is 1.78. The smallest absolute Gasteiger partial charge is 0.276 e. The molecule has 0 aromatic heterocycles. The van der Waals surface area contributed by atoms with Gasteiger partial charge in [-0.3, -0.25) is 25.2 Å². The van der Waals surface area contributed by atoms with Crippen molar-refractivity contribution in [2.24, 2.45) is 5.92 Å². The van der Waals surface area contributed by atoms with Crippen molar-refractivity contribution in [3.05, 3.63) is 59.1 Å². The fourth-order valence-electron chi connectivity index (χ4n) is 2.23. The molecule has 28 heavy (non-hydrogen) atoms. The van der Waals surface area contributed by atoms with Gasteiger partial charge in [-0.25, -0.2) is 0 Å². The molecular weight excluding hydrogens is 382 g/mol. The number of carbonyl (C=O) groups excluding carboxylic acids is 3. The van der Waals surface area contributed by atoms with Gasteiger partial charge in [0.05, 0.1) is 5.02 Å². The monoisotopic (exact) mass is 403 g/mol. The Morgan fingerprint density at radius 1 is 0.964 bits per heavy atom. The summed E-state index contributed by atoms with van der Waals surface area (Å²) in [6, 6.07) is 13.1. The predicted molar refractivity (Wildman–Crippen MR) is 107 cm³/mol. The number of rotatable bonds is 7. The maximum atomic E-state index is 12.1. The zero-order valence-electron chi connectivity index (χ0n) is 15.6. The zero-order valence-corrected chi connectivity index (χ0v) is 16.4. The Hall–Kier alpha value is -3.06. The molecule has 0 unspecified atom stereocenters. The number of para-hydroxylation sites is 1. The molecule has 3 amide bonds. The number of nitrogens with one attached hydrogen (secondary N) is 3. The first-order valence-electron chi connectivity index (χ1n) is 8.71. The molecule has 2 aromatic carbocycles. The third kappa shape index (κ3) is 6.92. The molecular formula is C20H22ClN3O4. The lowest BCUT2D eigenvalue weighted by Gasteiger charge is -2.10. The lowest BCUT2D eigenvalue weighted by Crippen LogP contribution is -2.43. The molecule has 0 saturated heterocycles. The van der Waals surface area contributed by atoms with Crippen molar-refractivity contribution >= 4 is 35.0 Å². The zero-order chi connectivity index (χ0) is 20.5. The Bertz CT molecular complexity index is 838. The van der Waals surface area contributed by atoms with E-state index in [1.165, 1.54) is 0 Å². The maximum absolute atomic E-state index is 12.1. The van der Waals surface area contributed by atoms with Crippen molar-refractivity contribution in [3.8, 4) is 5.75 Å². The van der Waals surface area contributed by atoms with Crippen LogP contribution in [0.4, 0.5) is 5.69 Å². The third-order valence-corrected chi connectivity index (χ3v) is 3.85. The normalized spacial score (nSPS) is 10.3. The topological polar surface area (TPSA) is 96.5 Å². The molecule has 0 radical (unpaired) electrons. The molecule has 0 saturated carbocycles. The number of carbonyl (C=O) groups is 3. The molecule has 0 fully saturated rings. The van der Waals surface area contributed by atoms with Crippen LogP contribution in [0.25, 0.3) is 0 Å². The summed E-state index contributed by atoms with van der Waals surface area (Å²) < 4.78 is 5.28. The van der Waals surface area contributed by atoms with Crippen molar-refractivity contribution in [2.45, 2.75) is 20.3 Å². The minimum Gasteiger partial charge on any atom is -0.482 e. The lowest BCUT2D eigenvalue weighted by molar-refractivity contribution is -0.123. The van der Waals surface area contributed by atoms with Crippen LogP contribution in [0.2, 0.25) is 5.02 Å². The first-order chi connectivity index (χ1) is 13.3. The molecule has 2 rings (SSSR count). The highest BCUT2D eigenvalue weighted by molar-refractivity contribution is 6.32. The summed E-state index contributed by atoms with van der Waals surface area (Å²) in [4.78, 5) is 35.6. The summed E-state index contributed by atoms with van der Waals surface area (Å²) in [6.45, 7) is 3.62. The van der Waals surface area contributed by atoms with Crippen LogP contribution < -0.4 is 20.9 Å². The van der Waals surface area contributed by atoms with Gasteiger partial charge in [-0.2, -0.15) is 0 Å². The van der Waals surface area contributed by atoms with E-state index < -0.39 is 11.8 Å². The van der Waals surface area contributed by atoms with Crippen LogP contribution in [-0.4, -0.2) is 24.3 Å². The van der Waals surface area contributed by atoms with Gasteiger partial charge in [-0.1, -0.05) is 37.6 Å². The van der Waals surface area contributed by atoms with Crippen molar-refractivity contribution in [2.75, 3.05) is 11.9 Å². The minimum absolute atomic E-state index is 0.0852. The number of anilines is 1. The molecule has 0 aliphatic heterocycles. The average Bonchev–Trinajstić information content (AvgIpc) is 2.65. The Morgan fingerprint density at radius 3 is 2.29 bits per heavy atom. The standard InChI is InChI=1S/C20H22ClN3O4/c1-13(2)11-18(25)22-15-9-7-14(8-10-15)20(27)24-23-19(26)12-28-17-6-4-3-5-16(17)21/h3-10,13H,11-12H2,1-2H3,(H,22,25)(H,23,26)(H,24,27). The van der Waals surface area contributed by atoms with E-state index in [9.17, 15) is 14.4 Å². The third-order valence-electron chi connectivity index (χ3n) is 3.54. The van der Waals surface area contributed by atoms with Gasteiger partial charge in [0.1, 0.15) is 5.75 Å². The van der Waals surface area contributed by atoms with E-state index in [-0.39, 0.29) is 18.4 Å². The van der Waals surface area contributed by atoms with Crippen LogP contribution >= 0.6 is 11.6 Å². The average molecular weight is 404 g/mol. The highest BCUT2D eigenvalue weighted by Crippen LogP contribution is 2.22. The van der Waals surface area contributed by atoms with E-state index in [4.69, 9.17) is 16.3 Å². The molecule has 0 atom stereocenters. The van der Waals surface area contributed by atoms with E-state index in [2.05, 4.69) is 16.2 Å². The van der Waals surface area contributed by atoms with Gasteiger partial charge >= 0.3 is 0 Å². The molecule has 0 aliphatic carbocycles. The fourth-order valence-corrected chi connectivity index (χ4v) is 2.42. The molecule has 3 N–H and O–H groups in total. The van der Waals surface area contributed by atoms with E-state index >= 15 is 0 Å². The quantitative estimate of drug-likeness (QED) is 0.618. The van der Waals surface area contributed by atoms with E-state index in [0.717, 1.165) is 0 Å². The fraction of sp³-hybridized carbons (Fsp3) is 0.250. The Kier molecular flexibility index (Phi) is 7.83. The van der Waals surface area contributed by atoms with Crippen molar-refractivity contribution in [1.29, 1.82) is 0 Å². The second-order valence-electron chi connectivity index (χ2n) is 6.44. The summed E-state index contributed by atoms with van der Waals surface area (Å²) in [7, 11) is 0. The number of hydrogen-bond donors (Lipinski definition) is 3. The van der Waals surface area contributed by atoms with Gasteiger partial charge in [0.2, 0.25) is 5.91 Å². The van der Waals surface area contributed by atoms with Gasteiger partial charge in [-0.15, -0.1) is 0 Å². The largest absolute Gasteiger partial charge is 0.482 e. The van der Waals surface area contributed by atoms with Crippen molar-refractivity contribution in [1.82, 2.24) is 10.9 Å². The van der Waals surface area contributed by atoms with Gasteiger partial charge in [0, 0.05) is 17.7 Å². The van der Waals surface area contributed by atoms with Gasteiger partial charge in [0.25, 0.3) is 11.8 Å². The second kappa shape index (κ2) is 10.3. The molecule has 7 nitrogen and oxygen atoms in total. The van der Waals surface area contributed by atoms with Crippen LogP contribution in [0.15, 0.2) is 48.5 Å². The summed E-state index contributed by atoms with van der Waals surface area (Å²) in [5.74, 6) is -0.480. The lowest BCUT2D eigenvalue weighted by atomic mass is 10.1. The molecule has 0 bridgehead atoms. The van der Waals surface area contributed by atoms with E-state index in [1.807, 2.05) is 13.8 Å². The van der Waals surface area contributed by atoms with Crippen molar-refractivity contribution in [3.63, 3.8) is 0 Å². The second-order valence-corrected chi connectivity index (χ2v) is 6.85. The Morgan fingerprint density at radius 2 is 1.64 bits per heavy atom. The van der Waals surface area contributed by atoms with E-state index in [1.54, 1.807) is 48.5 Å². The molecule has 0 spiro atoms. The van der Waals surface area contributed by atoms with Crippen LogP contribution in [0.5, 0.6) is 5.75 Å². The predicted octanol–water partition coefficient (Wildman–Crippen LogP) is 3.16. The number of hydrazine groups is 1. The van der Waals surface area contributed by atoms with Gasteiger partial charge < -0.3 is 10.1 Å². The first-order valence-corrected chi connectivity index (χ1v) is 9.09. The number of amides is 3. The minimum atomic E-state index is -0.536. The maximum Gasteiger partial charge on any atom is 0.276 e. The van der Waals surface area contributed by atoms with Crippen LogP contribution in [0, 0.1) is 5.92 Å². The number of benzene rings is 2. The summed E-state index contributed by atoms with van der Waals surface area (Å²) in [6.07, 6.45) is 0.421. The molecule has 8 heteroatoms. The van der Waals surface area contributed by atoms with Gasteiger partial charge in [0.15, 0.2) is 6.61 Å². The summed E-state index contributed by atoms with van der Waals surface area (Å²) in [5.41, 5.74) is 5.48. The Labute approximate surface area is 168 Å². The molecule has 0 aliphatic rings. The number of halogens is 1. The molecule has 2 aromatic rings. The first kappa shape index (κ1) is 21.2. The molecule has 0 heterocycles. The highest BCUT2D eigenvalue weighted by Gasteiger charge is 2.10.